The van der Waals surface area contributed by atoms with Crippen LogP contribution in [0.1, 0.15) is 20.3 Å². The van der Waals surface area contributed by atoms with Gasteiger partial charge in [-0.1, -0.05) is 6.92 Å². The fraction of sp³-hybridized carbons (Fsp3) is 0.857. The second-order valence-electron chi connectivity index (χ2n) is 2.37. The van der Waals surface area contributed by atoms with Crippen molar-refractivity contribution in [3.05, 3.63) is 0 Å². The molecule has 1 N–H and O–H groups in total. The summed E-state index contributed by atoms with van der Waals surface area (Å²) < 4.78 is 0. The molecule has 0 rings (SSSR count). The Morgan fingerprint density at radius 1 is 1.70 bits per heavy atom. The van der Waals surface area contributed by atoms with Crippen LogP contribution < -0.4 is 5.32 Å². The second-order valence-corrected chi connectivity index (χ2v) is 3.10. The van der Waals surface area contributed by atoms with E-state index >= 15 is 0 Å². The average molecular weight is 161 g/mol. The number of hydrogen-bond donors (Lipinski definition) is 2. The lowest BCUT2D eigenvalue weighted by Crippen LogP contribution is -2.24. The average Bonchev–Trinajstić information content (AvgIpc) is 1.82. The number of carbonyl (C=O) groups excluding carboxylic acids is 1. The van der Waals surface area contributed by atoms with Gasteiger partial charge >= 0.3 is 0 Å². The van der Waals surface area contributed by atoms with Gasteiger partial charge in [-0.25, -0.2) is 0 Å². The van der Waals surface area contributed by atoms with Gasteiger partial charge < -0.3 is 5.32 Å². The van der Waals surface area contributed by atoms with E-state index in [0.717, 1.165) is 13.1 Å². The summed E-state index contributed by atoms with van der Waals surface area (Å²) in [7, 11) is 0. The first-order chi connectivity index (χ1) is 4.66. The van der Waals surface area contributed by atoms with Gasteiger partial charge in [0.25, 0.3) is 0 Å². The Labute approximate surface area is 67.8 Å². The van der Waals surface area contributed by atoms with Crippen molar-refractivity contribution < 1.29 is 4.79 Å². The van der Waals surface area contributed by atoms with E-state index in [1.807, 2.05) is 6.92 Å². The highest BCUT2D eigenvalue weighted by Crippen LogP contribution is 1.99. The van der Waals surface area contributed by atoms with Gasteiger partial charge in [-0.2, -0.15) is 12.6 Å². The predicted octanol–water partition coefficient (Wildman–Crippen LogP) is 0.873. The number of nitrogens with one attached hydrogen (secondary N) is 1. The first-order valence-corrected chi connectivity index (χ1v) is 4.06. The predicted molar refractivity (Wildman–Crippen MR) is 46.6 cm³/mol. The minimum absolute atomic E-state index is 0.178. The van der Waals surface area contributed by atoms with Crippen LogP contribution in [0.2, 0.25) is 0 Å². The zero-order valence-corrected chi connectivity index (χ0v) is 7.45. The molecule has 0 aliphatic rings. The molecule has 0 aliphatic heterocycles. The molecule has 10 heavy (non-hydrogen) atoms. The second kappa shape index (κ2) is 5.74. The molecule has 2 nitrogen and oxygen atoms in total. The van der Waals surface area contributed by atoms with E-state index in [9.17, 15) is 4.79 Å². The quantitative estimate of drug-likeness (QED) is 0.586. The maximum absolute atomic E-state index is 10.5. The van der Waals surface area contributed by atoms with Gasteiger partial charge in [-0.15, -0.1) is 0 Å². The van der Waals surface area contributed by atoms with Crippen molar-refractivity contribution in [3.63, 3.8) is 0 Å². The molecule has 0 saturated carbocycles. The zero-order chi connectivity index (χ0) is 7.98. The summed E-state index contributed by atoms with van der Waals surface area (Å²) in [6.45, 7) is 5.39. The molecule has 0 aromatic rings. The Bertz CT molecular complexity index is 106. The molecule has 0 aromatic carbocycles. The van der Waals surface area contributed by atoms with E-state index in [-0.39, 0.29) is 11.0 Å². The fourth-order valence-corrected chi connectivity index (χ4v) is 1.10. The van der Waals surface area contributed by atoms with E-state index in [1.54, 1.807) is 6.92 Å². The van der Waals surface area contributed by atoms with Crippen molar-refractivity contribution >= 4 is 18.4 Å². The Morgan fingerprint density at radius 3 is 2.70 bits per heavy atom. The smallest absolute Gasteiger partial charge is 0.130 e. The molecule has 0 amide bonds. The summed E-state index contributed by atoms with van der Waals surface area (Å²) in [5.74, 6) is 0.206. The van der Waals surface area contributed by atoms with E-state index in [0.29, 0.717) is 6.42 Å². The van der Waals surface area contributed by atoms with Crippen molar-refractivity contribution in [1.82, 2.24) is 5.32 Å². The molecule has 1 atom stereocenters. The number of ketones is 1. The molecular formula is C7H15NOS. The number of thiol groups is 1. The maximum atomic E-state index is 10.5. The standard InChI is InChI=1S/C7H15NOS/c1-3-8-5-7(10)4-6(2)9/h7-8,10H,3-5H2,1-2H3. The number of rotatable bonds is 5. The van der Waals surface area contributed by atoms with Crippen molar-refractivity contribution in [2.75, 3.05) is 13.1 Å². The van der Waals surface area contributed by atoms with E-state index in [2.05, 4.69) is 17.9 Å². The summed E-state index contributed by atoms with van der Waals surface area (Å²) in [5.41, 5.74) is 0. The highest BCUT2D eigenvalue weighted by Gasteiger charge is 2.03. The van der Waals surface area contributed by atoms with Gasteiger partial charge in [0, 0.05) is 18.2 Å². The summed E-state index contributed by atoms with van der Waals surface area (Å²) in [6.07, 6.45) is 0.566. The first kappa shape index (κ1) is 9.98. The molecule has 0 aliphatic carbocycles. The van der Waals surface area contributed by atoms with Crippen molar-refractivity contribution in [1.29, 1.82) is 0 Å². The first-order valence-electron chi connectivity index (χ1n) is 3.55. The van der Waals surface area contributed by atoms with Gasteiger partial charge in [-0.05, 0) is 13.5 Å². The van der Waals surface area contributed by atoms with Gasteiger partial charge in [0.05, 0.1) is 0 Å². The summed E-state index contributed by atoms with van der Waals surface area (Å²) in [6, 6.07) is 0. The van der Waals surface area contributed by atoms with Crippen LogP contribution in [0, 0.1) is 0 Å². The van der Waals surface area contributed by atoms with Crippen LogP contribution in [-0.2, 0) is 4.79 Å². The summed E-state index contributed by atoms with van der Waals surface area (Å²) >= 11 is 4.22. The van der Waals surface area contributed by atoms with Crippen LogP contribution in [0.4, 0.5) is 0 Å². The maximum Gasteiger partial charge on any atom is 0.130 e. The van der Waals surface area contributed by atoms with E-state index in [4.69, 9.17) is 0 Å². The third-order valence-corrected chi connectivity index (χ3v) is 1.52. The van der Waals surface area contributed by atoms with Crippen molar-refractivity contribution in [3.8, 4) is 0 Å². The molecule has 0 bridgehead atoms. The van der Waals surface area contributed by atoms with Crippen LogP contribution in [0.3, 0.4) is 0 Å². The lowest BCUT2D eigenvalue weighted by molar-refractivity contribution is -0.116. The van der Waals surface area contributed by atoms with Gasteiger partial charge in [0.1, 0.15) is 5.78 Å². The fourth-order valence-electron chi connectivity index (χ4n) is 0.715. The van der Waals surface area contributed by atoms with Crippen LogP contribution in [0.5, 0.6) is 0 Å². The molecule has 0 fully saturated rings. The SMILES string of the molecule is CCNCC(S)CC(C)=O. The largest absolute Gasteiger partial charge is 0.316 e. The summed E-state index contributed by atoms with van der Waals surface area (Å²) in [4.78, 5) is 10.5. The Morgan fingerprint density at radius 2 is 2.30 bits per heavy atom. The number of hydrogen-bond acceptors (Lipinski definition) is 3. The minimum Gasteiger partial charge on any atom is -0.316 e. The molecule has 1 unspecified atom stereocenters. The van der Waals surface area contributed by atoms with Crippen molar-refractivity contribution in [2.24, 2.45) is 0 Å². The minimum atomic E-state index is 0.178. The molecule has 60 valence electrons. The highest BCUT2D eigenvalue weighted by molar-refractivity contribution is 7.81. The lowest BCUT2D eigenvalue weighted by atomic mass is 10.2. The molecule has 0 aromatic heterocycles. The van der Waals surface area contributed by atoms with Crippen molar-refractivity contribution in [2.45, 2.75) is 25.5 Å². The Kier molecular flexibility index (Phi) is 5.73. The molecule has 0 spiro atoms. The van der Waals surface area contributed by atoms with Gasteiger partial charge in [0.2, 0.25) is 0 Å². The number of Topliss-reactive ketones (excluding diaryl/α,β-unsaturated/α-hetero) is 1. The molecule has 0 saturated heterocycles. The van der Waals surface area contributed by atoms with Gasteiger partial charge in [0.15, 0.2) is 0 Å². The van der Waals surface area contributed by atoms with Crippen LogP contribution in [0.15, 0.2) is 0 Å². The summed E-state index contributed by atoms with van der Waals surface area (Å²) in [5, 5.41) is 3.30. The van der Waals surface area contributed by atoms with Crippen LogP contribution in [-0.4, -0.2) is 24.1 Å². The lowest BCUT2D eigenvalue weighted by Gasteiger charge is -2.07. The molecule has 0 radical (unpaired) electrons. The Balaban J connectivity index is 3.25. The van der Waals surface area contributed by atoms with Crippen LogP contribution >= 0.6 is 12.6 Å². The molecule has 0 heterocycles. The Hall–Kier alpha value is -0.0200. The topological polar surface area (TPSA) is 29.1 Å². The number of carbonyl (C=O) groups is 1. The molecule has 3 heteroatoms. The zero-order valence-electron chi connectivity index (χ0n) is 6.55. The normalized spacial score (nSPS) is 13.1. The van der Waals surface area contributed by atoms with E-state index in [1.165, 1.54) is 0 Å². The van der Waals surface area contributed by atoms with E-state index < -0.39 is 0 Å². The third kappa shape index (κ3) is 6.11. The third-order valence-electron chi connectivity index (χ3n) is 1.15. The highest BCUT2D eigenvalue weighted by atomic mass is 32.1. The monoisotopic (exact) mass is 161 g/mol. The molecular weight excluding hydrogens is 146 g/mol. The van der Waals surface area contributed by atoms with Crippen LogP contribution in [0.25, 0.3) is 0 Å². The van der Waals surface area contributed by atoms with Gasteiger partial charge in [-0.3, -0.25) is 4.79 Å².